The van der Waals surface area contributed by atoms with E-state index in [4.69, 9.17) is 0 Å². The minimum atomic E-state index is -0.365. The zero-order chi connectivity index (χ0) is 15.4. The fraction of sp³-hybridized carbons (Fsp3) is 0.200. The standard InChI is InChI=1S/C20H20FN/c1-22-20(16-8-4-2-5-9-16,17-10-6-3-7-11-17)18-12-14-19(21)15-13-18/h2-10,12-15,17,22H,11H2,1H3. The molecule has 0 aromatic heterocycles. The van der Waals surface area contributed by atoms with Crippen molar-refractivity contribution in [3.8, 4) is 0 Å². The van der Waals surface area contributed by atoms with Crippen molar-refractivity contribution in [3.63, 3.8) is 0 Å². The van der Waals surface area contributed by atoms with E-state index < -0.39 is 0 Å². The topological polar surface area (TPSA) is 12.0 Å². The Labute approximate surface area is 131 Å². The van der Waals surface area contributed by atoms with E-state index in [9.17, 15) is 4.39 Å². The number of nitrogens with one attached hydrogen (secondary N) is 1. The van der Waals surface area contributed by atoms with E-state index in [0.29, 0.717) is 0 Å². The van der Waals surface area contributed by atoms with Crippen molar-refractivity contribution in [2.24, 2.45) is 5.92 Å². The van der Waals surface area contributed by atoms with Crippen LogP contribution in [0.15, 0.2) is 78.9 Å². The Hall–Kier alpha value is -2.19. The largest absolute Gasteiger partial charge is 0.306 e. The third-order valence-electron chi connectivity index (χ3n) is 4.46. The number of hydrogen-bond donors (Lipinski definition) is 1. The van der Waals surface area contributed by atoms with Crippen LogP contribution in [0, 0.1) is 11.7 Å². The van der Waals surface area contributed by atoms with Gasteiger partial charge in [-0.15, -0.1) is 0 Å². The number of halogens is 1. The molecule has 0 amide bonds. The molecule has 0 radical (unpaired) electrons. The van der Waals surface area contributed by atoms with Gasteiger partial charge in [-0.3, -0.25) is 0 Å². The molecule has 2 aromatic rings. The fourth-order valence-corrected chi connectivity index (χ4v) is 3.38. The number of rotatable bonds is 4. The van der Waals surface area contributed by atoms with Gasteiger partial charge in [0.25, 0.3) is 0 Å². The summed E-state index contributed by atoms with van der Waals surface area (Å²) in [6, 6.07) is 17.2. The normalized spacial score (nSPS) is 19.8. The summed E-state index contributed by atoms with van der Waals surface area (Å²) in [6.45, 7) is 0. The van der Waals surface area contributed by atoms with Crippen LogP contribution in [-0.2, 0) is 5.54 Å². The quantitative estimate of drug-likeness (QED) is 0.880. The zero-order valence-electron chi connectivity index (χ0n) is 12.7. The van der Waals surface area contributed by atoms with Gasteiger partial charge in [-0.1, -0.05) is 66.8 Å². The molecule has 0 saturated heterocycles. The van der Waals surface area contributed by atoms with Crippen molar-refractivity contribution in [1.29, 1.82) is 0 Å². The first-order valence-corrected chi connectivity index (χ1v) is 7.61. The van der Waals surface area contributed by atoms with Crippen LogP contribution in [0.5, 0.6) is 0 Å². The first-order valence-electron chi connectivity index (χ1n) is 7.61. The van der Waals surface area contributed by atoms with Gasteiger partial charge in [0.05, 0.1) is 5.54 Å². The monoisotopic (exact) mass is 293 g/mol. The summed E-state index contributed by atoms with van der Waals surface area (Å²) in [4.78, 5) is 0. The van der Waals surface area contributed by atoms with Crippen LogP contribution >= 0.6 is 0 Å². The molecular formula is C20H20FN. The third-order valence-corrected chi connectivity index (χ3v) is 4.46. The van der Waals surface area contributed by atoms with Crippen LogP contribution < -0.4 is 5.32 Å². The highest BCUT2D eigenvalue weighted by molar-refractivity contribution is 5.42. The SMILES string of the molecule is CNC(c1ccccc1)(c1ccc(F)cc1)C1C=CC=CC1. The van der Waals surface area contributed by atoms with Crippen LogP contribution in [0.1, 0.15) is 17.5 Å². The van der Waals surface area contributed by atoms with Crippen molar-refractivity contribution in [2.75, 3.05) is 7.05 Å². The van der Waals surface area contributed by atoms with Crippen LogP contribution in [0.4, 0.5) is 4.39 Å². The van der Waals surface area contributed by atoms with Gasteiger partial charge in [-0.05, 0) is 36.7 Å². The van der Waals surface area contributed by atoms with Gasteiger partial charge >= 0.3 is 0 Å². The first kappa shape index (κ1) is 14.7. The van der Waals surface area contributed by atoms with Crippen molar-refractivity contribution in [3.05, 3.63) is 95.8 Å². The maximum absolute atomic E-state index is 13.4. The molecule has 1 aliphatic carbocycles. The molecule has 0 fully saturated rings. The van der Waals surface area contributed by atoms with Crippen LogP contribution in [0.3, 0.4) is 0 Å². The van der Waals surface area contributed by atoms with E-state index in [1.165, 1.54) is 17.7 Å². The smallest absolute Gasteiger partial charge is 0.123 e. The van der Waals surface area contributed by atoms with Gasteiger partial charge in [0.15, 0.2) is 0 Å². The van der Waals surface area contributed by atoms with Crippen molar-refractivity contribution >= 4 is 0 Å². The van der Waals surface area contributed by atoms with Crippen LogP contribution in [0.25, 0.3) is 0 Å². The second-order valence-corrected chi connectivity index (χ2v) is 5.59. The van der Waals surface area contributed by atoms with Gasteiger partial charge in [0, 0.05) is 5.92 Å². The van der Waals surface area contributed by atoms with Crippen molar-refractivity contribution in [2.45, 2.75) is 12.0 Å². The number of benzene rings is 2. The molecule has 2 heteroatoms. The van der Waals surface area contributed by atoms with Crippen LogP contribution in [0.2, 0.25) is 0 Å². The van der Waals surface area contributed by atoms with Crippen molar-refractivity contribution in [1.82, 2.24) is 5.32 Å². The lowest BCUT2D eigenvalue weighted by molar-refractivity contribution is 0.326. The summed E-state index contributed by atoms with van der Waals surface area (Å²) in [5.41, 5.74) is 1.90. The summed E-state index contributed by atoms with van der Waals surface area (Å²) in [5, 5.41) is 3.53. The van der Waals surface area contributed by atoms with E-state index in [-0.39, 0.29) is 17.3 Å². The highest BCUT2D eigenvalue weighted by atomic mass is 19.1. The van der Waals surface area contributed by atoms with E-state index in [0.717, 1.165) is 12.0 Å². The Morgan fingerprint density at radius 2 is 1.64 bits per heavy atom. The molecule has 0 bridgehead atoms. The average molecular weight is 293 g/mol. The first-order chi connectivity index (χ1) is 10.8. The minimum absolute atomic E-state index is 0.208. The van der Waals surface area contributed by atoms with E-state index in [1.807, 2.05) is 37.4 Å². The lowest BCUT2D eigenvalue weighted by Gasteiger charge is -2.41. The Morgan fingerprint density at radius 1 is 0.955 bits per heavy atom. The van der Waals surface area contributed by atoms with Crippen LogP contribution in [-0.4, -0.2) is 7.05 Å². The Balaban J connectivity index is 2.18. The minimum Gasteiger partial charge on any atom is -0.306 e. The highest BCUT2D eigenvalue weighted by Crippen LogP contribution is 2.40. The second kappa shape index (κ2) is 6.29. The van der Waals surface area contributed by atoms with Gasteiger partial charge < -0.3 is 5.32 Å². The Morgan fingerprint density at radius 3 is 2.23 bits per heavy atom. The fourth-order valence-electron chi connectivity index (χ4n) is 3.38. The zero-order valence-corrected chi connectivity index (χ0v) is 12.7. The molecule has 2 aromatic carbocycles. The van der Waals surface area contributed by atoms with E-state index >= 15 is 0 Å². The summed E-state index contributed by atoms with van der Waals surface area (Å²) >= 11 is 0. The Kier molecular flexibility index (Phi) is 4.21. The molecule has 1 nitrogen and oxygen atoms in total. The molecule has 112 valence electrons. The predicted octanol–water partition coefficient (Wildman–Crippen LogP) is 4.42. The van der Waals surface area contributed by atoms with Gasteiger partial charge in [-0.25, -0.2) is 4.39 Å². The number of allylic oxidation sites excluding steroid dienone is 3. The molecule has 1 N–H and O–H groups in total. The lowest BCUT2D eigenvalue weighted by Crippen LogP contribution is -2.47. The molecule has 3 rings (SSSR count). The van der Waals surface area contributed by atoms with Gasteiger partial charge in [0.1, 0.15) is 5.82 Å². The molecule has 0 spiro atoms. The molecule has 0 saturated carbocycles. The lowest BCUT2D eigenvalue weighted by atomic mass is 9.70. The Bertz CT molecular complexity index is 673. The van der Waals surface area contributed by atoms with Gasteiger partial charge in [-0.2, -0.15) is 0 Å². The summed E-state index contributed by atoms with van der Waals surface area (Å²) in [6.07, 6.45) is 9.53. The molecule has 22 heavy (non-hydrogen) atoms. The maximum Gasteiger partial charge on any atom is 0.123 e. The second-order valence-electron chi connectivity index (χ2n) is 5.59. The third kappa shape index (κ3) is 2.51. The highest BCUT2D eigenvalue weighted by Gasteiger charge is 2.39. The molecule has 2 atom stereocenters. The summed E-state index contributed by atoms with van der Waals surface area (Å²) in [5.74, 6) is 0.0660. The number of hydrogen-bond acceptors (Lipinski definition) is 1. The summed E-state index contributed by atoms with van der Waals surface area (Å²) in [7, 11) is 1.97. The molecule has 0 aliphatic heterocycles. The predicted molar refractivity (Wildman–Crippen MR) is 89.1 cm³/mol. The van der Waals surface area contributed by atoms with Gasteiger partial charge in [0.2, 0.25) is 0 Å². The molecule has 2 unspecified atom stereocenters. The molecular weight excluding hydrogens is 273 g/mol. The van der Waals surface area contributed by atoms with Crippen molar-refractivity contribution < 1.29 is 4.39 Å². The average Bonchev–Trinajstić information content (AvgIpc) is 2.59. The summed E-state index contributed by atoms with van der Waals surface area (Å²) < 4.78 is 13.4. The van der Waals surface area contributed by atoms with E-state index in [1.54, 1.807) is 0 Å². The molecule has 1 aliphatic rings. The molecule has 0 heterocycles. The maximum atomic E-state index is 13.4. The van der Waals surface area contributed by atoms with E-state index in [2.05, 4.69) is 41.8 Å².